The minimum absolute atomic E-state index is 0.237. The van der Waals surface area contributed by atoms with Gasteiger partial charge >= 0.3 is 0 Å². The molecule has 7 heteroatoms. The van der Waals surface area contributed by atoms with Crippen LogP contribution in [-0.4, -0.2) is 23.1 Å². The van der Waals surface area contributed by atoms with Gasteiger partial charge in [0.2, 0.25) is 5.95 Å². The lowest BCUT2D eigenvalue weighted by Gasteiger charge is -2.17. The second-order valence-electron chi connectivity index (χ2n) is 4.43. The molecule has 20 heavy (non-hydrogen) atoms. The number of aromatic nitrogens is 3. The summed E-state index contributed by atoms with van der Waals surface area (Å²) >= 11 is 0. The van der Waals surface area contributed by atoms with Gasteiger partial charge in [-0.3, -0.25) is 0 Å². The molecule has 0 atom stereocenters. The van der Waals surface area contributed by atoms with Gasteiger partial charge in [-0.1, -0.05) is 6.07 Å². The SMILES string of the molecule is Nc1ncc(N2CCCC2)c(N)n1.[O-][n+]1ccccc1. The maximum Gasteiger partial charge on any atom is 0.222 e. The van der Waals surface area contributed by atoms with Crippen LogP contribution in [0.25, 0.3) is 0 Å². The topological polar surface area (TPSA) is 108 Å². The molecule has 3 heterocycles. The molecule has 2 aromatic heterocycles. The predicted molar refractivity (Wildman–Crippen MR) is 77.7 cm³/mol. The zero-order valence-corrected chi connectivity index (χ0v) is 11.1. The van der Waals surface area contributed by atoms with Gasteiger partial charge in [-0.2, -0.15) is 9.71 Å². The van der Waals surface area contributed by atoms with Gasteiger partial charge in [-0.05, 0) is 12.8 Å². The van der Waals surface area contributed by atoms with Crippen molar-refractivity contribution in [3.05, 3.63) is 42.0 Å². The summed E-state index contributed by atoms with van der Waals surface area (Å²) in [5, 5.41) is 10.2. The van der Waals surface area contributed by atoms with Crippen LogP contribution in [-0.2, 0) is 0 Å². The molecule has 0 spiro atoms. The van der Waals surface area contributed by atoms with Gasteiger partial charge in [0.1, 0.15) is 0 Å². The fraction of sp³-hybridized carbons (Fsp3) is 0.308. The first-order valence-corrected chi connectivity index (χ1v) is 6.43. The van der Waals surface area contributed by atoms with Crippen LogP contribution in [0.5, 0.6) is 0 Å². The zero-order chi connectivity index (χ0) is 14.4. The summed E-state index contributed by atoms with van der Waals surface area (Å²) in [7, 11) is 0. The van der Waals surface area contributed by atoms with E-state index in [4.69, 9.17) is 11.5 Å². The smallest absolute Gasteiger partial charge is 0.222 e. The number of nitrogens with two attached hydrogens (primary N) is 2. The highest BCUT2D eigenvalue weighted by atomic mass is 16.5. The first-order valence-electron chi connectivity index (χ1n) is 6.43. The van der Waals surface area contributed by atoms with E-state index in [2.05, 4.69) is 14.9 Å². The van der Waals surface area contributed by atoms with E-state index < -0.39 is 0 Å². The molecule has 0 amide bonds. The summed E-state index contributed by atoms with van der Waals surface area (Å²) < 4.78 is 0.750. The van der Waals surface area contributed by atoms with E-state index in [1.54, 1.807) is 24.4 Å². The second kappa shape index (κ2) is 6.55. The Morgan fingerprint density at radius 1 is 1.10 bits per heavy atom. The van der Waals surface area contributed by atoms with E-state index in [1.165, 1.54) is 25.2 Å². The predicted octanol–water partition coefficient (Wildman–Crippen LogP) is 0.561. The van der Waals surface area contributed by atoms with Crippen LogP contribution >= 0.6 is 0 Å². The Morgan fingerprint density at radius 3 is 2.25 bits per heavy atom. The van der Waals surface area contributed by atoms with Crippen molar-refractivity contribution >= 4 is 17.5 Å². The molecular formula is C13H18N6O. The van der Waals surface area contributed by atoms with E-state index >= 15 is 0 Å². The van der Waals surface area contributed by atoms with Crippen LogP contribution in [0.4, 0.5) is 17.5 Å². The van der Waals surface area contributed by atoms with E-state index in [-0.39, 0.29) is 5.95 Å². The van der Waals surface area contributed by atoms with Crippen molar-refractivity contribution in [2.45, 2.75) is 12.8 Å². The Labute approximate surface area is 117 Å². The van der Waals surface area contributed by atoms with Crippen molar-refractivity contribution in [1.82, 2.24) is 9.97 Å². The lowest BCUT2D eigenvalue weighted by atomic mass is 10.4. The monoisotopic (exact) mass is 274 g/mol. The van der Waals surface area contributed by atoms with Gasteiger partial charge in [-0.25, -0.2) is 4.98 Å². The van der Waals surface area contributed by atoms with Crippen LogP contribution in [0.2, 0.25) is 0 Å². The maximum atomic E-state index is 10.2. The van der Waals surface area contributed by atoms with Gasteiger partial charge in [0.25, 0.3) is 0 Å². The van der Waals surface area contributed by atoms with Gasteiger partial charge in [0.15, 0.2) is 18.2 Å². The normalized spacial score (nSPS) is 13.7. The van der Waals surface area contributed by atoms with Gasteiger partial charge < -0.3 is 21.6 Å². The third-order valence-corrected chi connectivity index (χ3v) is 2.95. The lowest BCUT2D eigenvalue weighted by Crippen LogP contribution is -2.22. The quantitative estimate of drug-likeness (QED) is 0.581. The molecule has 1 fully saturated rings. The summed E-state index contributed by atoms with van der Waals surface area (Å²) in [5.74, 6) is 0.717. The first-order chi connectivity index (χ1) is 9.66. The highest BCUT2D eigenvalue weighted by molar-refractivity contribution is 5.63. The molecule has 0 radical (unpaired) electrons. The third-order valence-electron chi connectivity index (χ3n) is 2.95. The van der Waals surface area contributed by atoms with Crippen LogP contribution in [0.1, 0.15) is 12.8 Å². The molecule has 2 aromatic rings. The summed E-state index contributed by atoms with van der Waals surface area (Å²) in [6.07, 6.45) is 7.01. The molecule has 3 rings (SSSR count). The fourth-order valence-corrected chi connectivity index (χ4v) is 1.99. The number of pyridine rings is 1. The molecule has 0 bridgehead atoms. The first kappa shape index (κ1) is 13.9. The maximum absolute atomic E-state index is 10.2. The Balaban J connectivity index is 0.000000178. The average Bonchev–Trinajstić information content (AvgIpc) is 2.94. The van der Waals surface area contributed by atoms with E-state index in [1.807, 2.05) is 0 Å². The lowest BCUT2D eigenvalue weighted by molar-refractivity contribution is -0.605. The van der Waals surface area contributed by atoms with Crippen LogP contribution in [0, 0.1) is 5.21 Å². The molecule has 0 aliphatic carbocycles. The molecule has 0 unspecified atom stereocenters. The fourth-order valence-electron chi connectivity index (χ4n) is 1.99. The molecule has 7 nitrogen and oxygen atoms in total. The van der Waals surface area contributed by atoms with Crippen LogP contribution < -0.4 is 21.1 Å². The Bertz CT molecular complexity index is 542. The van der Waals surface area contributed by atoms with Crippen LogP contribution in [0.15, 0.2) is 36.8 Å². The number of hydrogen-bond donors (Lipinski definition) is 2. The number of nitrogen functional groups attached to an aromatic ring is 2. The minimum atomic E-state index is 0.237. The van der Waals surface area contributed by atoms with Gasteiger partial charge in [-0.15, -0.1) is 0 Å². The third kappa shape index (κ3) is 3.71. The molecule has 1 saturated heterocycles. The van der Waals surface area contributed by atoms with Crippen molar-refractivity contribution in [2.75, 3.05) is 29.5 Å². The second-order valence-corrected chi connectivity index (χ2v) is 4.43. The highest BCUT2D eigenvalue weighted by Gasteiger charge is 2.15. The van der Waals surface area contributed by atoms with E-state index in [0.29, 0.717) is 5.82 Å². The Hall–Kier alpha value is -2.57. The van der Waals surface area contributed by atoms with Crippen molar-refractivity contribution in [1.29, 1.82) is 0 Å². The molecule has 106 valence electrons. The molecular weight excluding hydrogens is 256 g/mol. The highest BCUT2D eigenvalue weighted by Crippen LogP contribution is 2.24. The summed E-state index contributed by atoms with van der Waals surface area (Å²) in [5.41, 5.74) is 12.0. The largest absolute Gasteiger partial charge is 0.619 e. The number of hydrogen-bond acceptors (Lipinski definition) is 6. The molecule has 1 aliphatic heterocycles. The summed E-state index contributed by atoms with van der Waals surface area (Å²) in [6, 6.07) is 5.18. The zero-order valence-electron chi connectivity index (χ0n) is 11.1. The van der Waals surface area contributed by atoms with Crippen molar-refractivity contribution in [3.63, 3.8) is 0 Å². The number of nitrogens with zero attached hydrogens (tertiary/aromatic N) is 4. The average molecular weight is 274 g/mol. The standard InChI is InChI=1S/C8H13N5.C5H5NO/c9-7-6(5-11-8(10)12-7)13-3-1-2-4-13;7-6-4-2-1-3-5-6/h5H,1-4H2,(H4,9,10,11,12);1-5H. The Kier molecular flexibility index (Phi) is 4.54. The summed E-state index contributed by atoms with van der Waals surface area (Å²) in [4.78, 5) is 10.0. The number of rotatable bonds is 1. The van der Waals surface area contributed by atoms with Gasteiger partial charge in [0.05, 0.1) is 11.9 Å². The molecule has 1 aliphatic rings. The van der Waals surface area contributed by atoms with Crippen molar-refractivity contribution in [2.24, 2.45) is 0 Å². The molecule has 4 N–H and O–H groups in total. The number of anilines is 3. The summed E-state index contributed by atoms with van der Waals surface area (Å²) in [6.45, 7) is 2.08. The van der Waals surface area contributed by atoms with Crippen molar-refractivity contribution in [3.8, 4) is 0 Å². The van der Waals surface area contributed by atoms with E-state index in [9.17, 15) is 5.21 Å². The minimum Gasteiger partial charge on any atom is -0.619 e. The van der Waals surface area contributed by atoms with E-state index in [0.717, 1.165) is 23.5 Å². The van der Waals surface area contributed by atoms with Crippen LogP contribution in [0.3, 0.4) is 0 Å². The molecule has 0 saturated carbocycles. The van der Waals surface area contributed by atoms with Gasteiger partial charge in [0, 0.05) is 25.2 Å². The Morgan fingerprint density at radius 2 is 1.75 bits per heavy atom. The molecule has 0 aromatic carbocycles. The van der Waals surface area contributed by atoms with Crippen molar-refractivity contribution < 1.29 is 4.73 Å².